The second-order valence-electron chi connectivity index (χ2n) is 3.37. The van der Waals surface area contributed by atoms with Crippen LogP contribution in [0.15, 0.2) is 34.7 Å². The van der Waals surface area contributed by atoms with Gasteiger partial charge in [0, 0.05) is 5.56 Å². The molecule has 1 aromatic carbocycles. The fourth-order valence-corrected chi connectivity index (χ4v) is 1.48. The lowest BCUT2D eigenvalue weighted by Crippen LogP contribution is -1.92. The van der Waals surface area contributed by atoms with Gasteiger partial charge in [-0.1, -0.05) is 0 Å². The molecule has 2 rings (SSSR count). The van der Waals surface area contributed by atoms with E-state index in [-0.39, 0.29) is 0 Å². The number of rotatable bonds is 2. The van der Waals surface area contributed by atoms with Gasteiger partial charge in [0.05, 0.1) is 12.8 Å². The average Bonchev–Trinajstić information content (AvgIpc) is 2.65. The Labute approximate surface area is 88.5 Å². The molecule has 1 heterocycles. The summed E-state index contributed by atoms with van der Waals surface area (Å²) in [6.45, 7) is 1.91. The van der Waals surface area contributed by atoms with E-state index in [1.807, 2.05) is 37.3 Å². The summed E-state index contributed by atoms with van der Waals surface area (Å²) in [6, 6.07) is 9.46. The molecule has 3 nitrogen and oxygen atoms in total. The smallest absolute Gasteiger partial charge is 0.141 e. The van der Waals surface area contributed by atoms with Crippen molar-refractivity contribution in [2.45, 2.75) is 6.92 Å². The second-order valence-corrected chi connectivity index (χ2v) is 3.37. The third-order valence-corrected chi connectivity index (χ3v) is 2.25. The standard InChI is InChI=1S/C12H13NO2/c1-8-3-5-11(15-8)9-4-6-12(14-2)10(13)7-9/h3-7H,13H2,1-2H3. The Morgan fingerprint density at radius 3 is 2.53 bits per heavy atom. The van der Waals surface area contributed by atoms with Crippen molar-refractivity contribution in [2.24, 2.45) is 0 Å². The summed E-state index contributed by atoms with van der Waals surface area (Å²) in [5.41, 5.74) is 7.38. The monoisotopic (exact) mass is 203 g/mol. The van der Waals surface area contributed by atoms with Gasteiger partial charge in [0.2, 0.25) is 0 Å². The molecule has 2 aromatic rings. The molecule has 0 aliphatic heterocycles. The summed E-state index contributed by atoms with van der Waals surface area (Å²) < 4.78 is 10.6. The number of nitrogen functional groups attached to an aromatic ring is 1. The van der Waals surface area contributed by atoms with Gasteiger partial charge >= 0.3 is 0 Å². The Kier molecular flexibility index (Phi) is 2.37. The first-order chi connectivity index (χ1) is 7.20. The van der Waals surface area contributed by atoms with Gasteiger partial charge < -0.3 is 14.9 Å². The molecule has 0 spiro atoms. The van der Waals surface area contributed by atoms with Gasteiger partial charge in [0.1, 0.15) is 17.3 Å². The van der Waals surface area contributed by atoms with E-state index in [1.165, 1.54) is 0 Å². The SMILES string of the molecule is COc1ccc(-c2ccc(C)o2)cc1N. The zero-order chi connectivity index (χ0) is 10.8. The Bertz CT molecular complexity index is 474. The van der Waals surface area contributed by atoms with Gasteiger partial charge in [-0.3, -0.25) is 0 Å². The highest BCUT2D eigenvalue weighted by molar-refractivity contribution is 5.67. The van der Waals surface area contributed by atoms with Crippen molar-refractivity contribution in [1.29, 1.82) is 0 Å². The maximum atomic E-state index is 5.81. The van der Waals surface area contributed by atoms with Gasteiger partial charge in [-0.25, -0.2) is 0 Å². The first kappa shape index (κ1) is 9.65. The van der Waals surface area contributed by atoms with E-state index < -0.39 is 0 Å². The maximum Gasteiger partial charge on any atom is 0.141 e. The molecule has 0 fully saturated rings. The molecule has 0 amide bonds. The Hall–Kier alpha value is -1.90. The van der Waals surface area contributed by atoms with Gasteiger partial charge in [-0.05, 0) is 37.3 Å². The normalized spacial score (nSPS) is 10.3. The largest absolute Gasteiger partial charge is 0.495 e. The van der Waals surface area contributed by atoms with Crippen molar-refractivity contribution in [1.82, 2.24) is 0 Å². The summed E-state index contributed by atoms with van der Waals surface area (Å²) in [7, 11) is 1.60. The Morgan fingerprint density at radius 1 is 1.20 bits per heavy atom. The van der Waals surface area contributed by atoms with Crippen LogP contribution in [0.5, 0.6) is 5.75 Å². The molecular formula is C12H13NO2. The summed E-state index contributed by atoms with van der Waals surface area (Å²) in [5, 5.41) is 0. The highest BCUT2D eigenvalue weighted by Crippen LogP contribution is 2.29. The number of aryl methyl sites for hydroxylation is 1. The van der Waals surface area contributed by atoms with Crippen LogP contribution in [0.2, 0.25) is 0 Å². The maximum absolute atomic E-state index is 5.81. The van der Waals surface area contributed by atoms with Crippen LogP contribution < -0.4 is 10.5 Å². The molecule has 0 unspecified atom stereocenters. The molecule has 0 saturated heterocycles. The summed E-state index contributed by atoms with van der Waals surface area (Å²) in [6.07, 6.45) is 0. The highest BCUT2D eigenvalue weighted by Gasteiger charge is 2.05. The number of furan rings is 1. The fourth-order valence-electron chi connectivity index (χ4n) is 1.48. The van der Waals surface area contributed by atoms with Crippen molar-refractivity contribution in [3.05, 3.63) is 36.1 Å². The number of benzene rings is 1. The molecule has 0 atom stereocenters. The Morgan fingerprint density at radius 2 is 2.00 bits per heavy atom. The number of hydrogen-bond donors (Lipinski definition) is 1. The van der Waals surface area contributed by atoms with Crippen molar-refractivity contribution >= 4 is 5.69 Å². The average molecular weight is 203 g/mol. The van der Waals surface area contributed by atoms with Crippen LogP contribution in [-0.2, 0) is 0 Å². The van der Waals surface area contributed by atoms with Crippen molar-refractivity contribution < 1.29 is 9.15 Å². The Balaban J connectivity index is 2.42. The molecular weight excluding hydrogens is 190 g/mol. The molecule has 0 saturated carbocycles. The van der Waals surface area contributed by atoms with E-state index in [0.29, 0.717) is 11.4 Å². The summed E-state index contributed by atoms with van der Waals surface area (Å²) >= 11 is 0. The second kappa shape index (κ2) is 3.69. The molecule has 0 aliphatic carbocycles. The molecule has 0 bridgehead atoms. The molecule has 78 valence electrons. The molecule has 0 radical (unpaired) electrons. The van der Waals surface area contributed by atoms with Crippen LogP contribution in [-0.4, -0.2) is 7.11 Å². The number of methoxy groups -OCH3 is 1. The van der Waals surface area contributed by atoms with E-state index in [1.54, 1.807) is 7.11 Å². The molecule has 0 aliphatic rings. The third-order valence-electron chi connectivity index (χ3n) is 2.25. The predicted octanol–water partition coefficient (Wildman–Crippen LogP) is 2.85. The summed E-state index contributed by atoms with van der Waals surface area (Å²) in [5.74, 6) is 2.39. The highest BCUT2D eigenvalue weighted by atomic mass is 16.5. The van der Waals surface area contributed by atoms with Gasteiger partial charge in [0.25, 0.3) is 0 Å². The zero-order valence-corrected chi connectivity index (χ0v) is 8.78. The van der Waals surface area contributed by atoms with Gasteiger partial charge in [-0.2, -0.15) is 0 Å². The zero-order valence-electron chi connectivity index (χ0n) is 8.78. The van der Waals surface area contributed by atoms with Crippen LogP contribution >= 0.6 is 0 Å². The number of ether oxygens (including phenoxy) is 1. The molecule has 2 N–H and O–H groups in total. The number of anilines is 1. The minimum Gasteiger partial charge on any atom is -0.495 e. The quantitative estimate of drug-likeness (QED) is 0.763. The fraction of sp³-hybridized carbons (Fsp3) is 0.167. The van der Waals surface area contributed by atoms with Crippen LogP contribution in [0.3, 0.4) is 0 Å². The van der Waals surface area contributed by atoms with E-state index in [0.717, 1.165) is 17.1 Å². The van der Waals surface area contributed by atoms with Gasteiger partial charge in [-0.15, -0.1) is 0 Å². The van der Waals surface area contributed by atoms with E-state index >= 15 is 0 Å². The lowest BCUT2D eigenvalue weighted by Gasteiger charge is -2.05. The van der Waals surface area contributed by atoms with Gasteiger partial charge in [0.15, 0.2) is 0 Å². The summed E-state index contributed by atoms with van der Waals surface area (Å²) in [4.78, 5) is 0. The van der Waals surface area contributed by atoms with Crippen LogP contribution in [0.4, 0.5) is 5.69 Å². The number of nitrogens with two attached hydrogens (primary N) is 1. The lowest BCUT2D eigenvalue weighted by molar-refractivity contribution is 0.417. The molecule has 15 heavy (non-hydrogen) atoms. The predicted molar refractivity (Wildman–Crippen MR) is 59.8 cm³/mol. The molecule has 3 heteroatoms. The van der Waals surface area contributed by atoms with Crippen molar-refractivity contribution in [3.63, 3.8) is 0 Å². The van der Waals surface area contributed by atoms with Crippen LogP contribution in [0.25, 0.3) is 11.3 Å². The first-order valence-corrected chi connectivity index (χ1v) is 4.71. The van der Waals surface area contributed by atoms with Crippen molar-refractivity contribution in [2.75, 3.05) is 12.8 Å². The van der Waals surface area contributed by atoms with Crippen molar-refractivity contribution in [3.8, 4) is 17.1 Å². The first-order valence-electron chi connectivity index (χ1n) is 4.71. The number of hydrogen-bond acceptors (Lipinski definition) is 3. The van der Waals surface area contributed by atoms with E-state index in [4.69, 9.17) is 14.9 Å². The van der Waals surface area contributed by atoms with E-state index in [2.05, 4.69) is 0 Å². The minimum atomic E-state index is 0.615. The minimum absolute atomic E-state index is 0.615. The molecule has 1 aromatic heterocycles. The lowest BCUT2D eigenvalue weighted by atomic mass is 10.1. The third kappa shape index (κ3) is 1.81. The van der Waals surface area contributed by atoms with E-state index in [9.17, 15) is 0 Å². The van der Waals surface area contributed by atoms with Crippen LogP contribution in [0, 0.1) is 6.92 Å². The van der Waals surface area contributed by atoms with Crippen LogP contribution in [0.1, 0.15) is 5.76 Å². The topological polar surface area (TPSA) is 48.4 Å².